The van der Waals surface area contributed by atoms with Crippen molar-refractivity contribution in [3.63, 3.8) is 0 Å². The first kappa shape index (κ1) is 31.2. The van der Waals surface area contributed by atoms with E-state index in [-0.39, 0.29) is 12.0 Å². The monoisotopic (exact) mass is 744 g/mol. The molecule has 2 aliphatic heterocycles. The zero-order valence-electron chi connectivity index (χ0n) is 30.7. The van der Waals surface area contributed by atoms with Crippen LogP contribution in [0.2, 0.25) is 0 Å². The lowest BCUT2D eigenvalue weighted by Gasteiger charge is -2.30. The topological polar surface area (TPSA) is 34.0 Å². The number of allylic oxidation sites excluding steroid dienone is 2. The third kappa shape index (κ3) is 4.32. The summed E-state index contributed by atoms with van der Waals surface area (Å²) in [5.41, 5.74) is 16.4. The van der Waals surface area contributed by atoms with E-state index in [4.69, 9.17) is 9.97 Å². The molecule has 0 saturated carbocycles. The molecule has 5 heterocycles. The second kappa shape index (κ2) is 11.7. The van der Waals surface area contributed by atoms with E-state index in [9.17, 15) is 0 Å². The summed E-state index contributed by atoms with van der Waals surface area (Å²) in [5, 5.41) is 3.58. The molecule has 0 spiro atoms. The maximum Gasteiger partial charge on any atom is 0.166 e. The minimum Gasteiger partial charge on any atom is -0.332 e. The van der Waals surface area contributed by atoms with E-state index in [1.54, 1.807) is 11.3 Å². The summed E-state index contributed by atoms with van der Waals surface area (Å²) in [7, 11) is 0. The molecule has 57 heavy (non-hydrogen) atoms. The summed E-state index contributed by atoms with van der Waals surface area (Å²) in [5.74, 6) is 1.04. The van der Waals surface area contributed by atoms with Gasteiger partial charge in [0.05, 0.1) is 22.8 Å². The molecule has 0 radical (unpaired) electrons. The molecule has 1 aliphatic carbocycles. The van der Waals surface area contributed by atoms with Crippen LogP contribution in [0.4, 0.5) is 11.4 Å². The molecule has 3 aromatic heterocycles. The third-order valence-electron chi connectivity index (χ3n) is 12.3. The standard InChI is InChI=1S/C52H32N4S/c1-2-14-31(15-3-1)32-26-28-33(29-27-32)48-51(54-52-49(53-48)39-21-9-13-25-45(39)57-52)56-43-24-12-8-20-38(43)46-44(56)30-40-36-18-7-11-23-42(36)55-41-22-10-6-17-35(41)34-16-4-5-19-37(34)47(46)50(40)55/h1-30,36,42H. The Labute approximate surface area is 332 Å². The molecule has 0 fully saturated rings. The molecule has 4 nitrogen and oxygen atoms in total. The molecule has 5 heteroatoms. The van der Waals surface area contributed by atoms with Crippen molar-refractivity contribution < 1.29 is 0 Å². The highest BCUT2D eigenvalue weighted by Crippen LogP contribution is 2.60. The first-order chi connectivity index (χ1) is 28.3. The van der Waals surface area contributed by atoms with Crippen LogP contribution < -0.4 is 4.90 Å². The molecule has 2 unspecified atom stereocenters. The van der Waals surface area contributed by atoms with Gasteiger partial charge in [0.15, 0.2) is 5.82 Å². The van der Waals surface area contributed by atoms with Crippen LogP contribution in [0, 0.1) is 0 Å². The Morgan fingerprint density at radius 3 is 2.11 bits per heavy atom. The molecule has 0 saturated heterocycles. The number of fused-ring (bicyclic) bond motifs is 15. The second-order valence-electron chi connectivity index (χ2n) is 15.2. The Kier molecular flexibility index (Phi) is 6.40. The van der Waals surface area contributed by atoms with Gasteiger partial charge < -0.3 is 4.90 Å². The number of rotatable bonds is 3. The molecular weight excluding hydrogens is 713 g/mol. The normalized spacial score (nSPS) is 16.2. The third-order valence-corrected chi connectivity index (χ3v) is 13.3. The Hall–Kier alpha value is -7.08. The van der Waals surface area contributed by atoms with Gasteiger partial charge in [-0.2, -0.15) is 0 Å². The molecule has 10 aromatic rings. The summed E-state index contributed by atoms with van der Waals surface area (Å²) >= 11 is 1.72. The van der Waals surface area contributed by atoms with E-state index in [2.05, 4.69) is 191 Å². The number of hydrogen-bond donors (Lipinski definition) is 0. The molecule has 266 valence electrons. The van der Waals surface area contributed by atoms with Gasteiger partial charge in [0.25, 0.3) is 0 Å². The average Bonchev–Trinajstić information content (AvgIpc) is 3.90. The molecule has 0 N–H and O–H groups in total. The number of hydrogen-bond acceptors (Lipinski definition) is 4. The minimum absolute atomic E-state index is 0.166. The van der Waals surface area contributed by atoms with Crippen molar-refractivity contribution in [2.24, 2.45) is 0 Å². The number of para-hydroxylation sites is 2. The predicted octanol–water partition coefficient (Wildman–Crippen LogP) is 13.7. The van der Waals surface area contributed by atoms with Crippen molar-refractivity contribution >= 4 is 65.0 Å². The van der Waals surface area contributed by atoms with E-state index in [1.807, 2.05) is 0 Å². The number of anilines is 2. The highest BCUT2D eigenvalue weighted by atomic mass is 32.1. The summed E-state index contributed by atoms with van der Waals surface area (Å²) in [6.45, 7) is 0. The summed E-state index contributed by atoms with van der Waals surface area (Å²) in [6, 6.07) is 57.5. The summed E-state index contributed by atoms with van der Waals surface area (Å²) < 4.78 is 3.61. The molecule has 7 aromatic carbocycles. The van der Waals surface area contributed by atoms with E-state index >= 15 is 0 Å². The van der Waals surface area contributed by atoms with Crippen LogP contribution in [-0.4, -0.2) is 20.6 Å². The van der Waals surface area contributed by atoms with Gasteiger partial charge in [0.2, 0.25) is 0 Å². The van der Waals surface area contributed by atoms with Crippen LogP contribution >= 0.6 is 11.3 Å². The van der Waals surface area contributed by atoms with E-state index < -0.39 is 0 Å². The minimum atomic E-state index is 0.166. The lowest BCUT2D eigenvalue weighted by Crippen LogP contribution is -2.28. The molecular formula is C52H32N4S. The van der Waals surface area contributed by atoms with Crippen LogP contribution in [-0.2, 0) is 0 Å². The van der Waals surface area contributed by atoms with Gasteiger partial charge in [-0.3, -0.25) is 4.57 Å². The quantitative estimate of drug-likeness (QED) is 0.181. The van der Waals surface area contributed by atoms with Crippen LogP contribution in [0.25, 0.3) is 92.7 Å². The van der Waals surface area contributed by atoms with Crippen molar-refractivity contribution in [1.29, 1.82) is 0 Å². The fourth-order valence-corrected chi connectivity index (χ4v) is 10.9. The van der Waals surface area contributed by atoms with Gasteiger partial charge >= 0.3 is 0 Å². The van der Waals surface area contributed by atoms with E-state index in [0.717, 1.165) is 43.8 Å². The van der Waals surface area contributed by atoms with Crippen LogP contribution in [0.1, 0.15) is 11.5 Å². The number of thiophene rings is 1. The van der Waals surface area contributed by atoms with Gasteiger partial charge in [-0.05, 0) is 52.1 Å². The Morgan fingerprint density at radius 2 is 1.23 bits per heavy atom. The van der Waals surface area contributed by atoms with Gasteiger partial charge in [0.1, 0.15) is 16.0 Å². The number of benzene rings is 7. The SMILES string of the molecule is C1=CC2c3cc4c(c5c3N(c3ccccc3-c3ccccc3-5)C2C=C1)c1ccccc1n4-c1nc2sc3ccccc3c2nc1-c1ccc(-c2ccccc2)cc1. The van der Waals surface area contributed by atoms with Crippen molar-refractivity contribution in [3.8, 4) is 50.5 Å². The van der Waals surface area contributed by atoms with Crippen molar-refractivity contribution in [3.05, 3.63) is 188 Å². The maximum atomic E-state index is 5.65. The molecule has 2 atom stereocenters. The molecule has 0 amide bonds. The van der Waals surface area contributed by atoms with Crippen LogP contribution in [0.15, 0.2) is 182 Å². The van der Waals surface area contributed by atoms with Gasteiger partial charge in [-0.25, -0.2) is 9.97 Å². The first-order valence-electron chi connectivity index (χ1n) is 19.6. The fourth-order valence-electron chi connectivity index (χ4n) is 9.86. The number of aromatic nitrogens is 3. The van der Waals surface area contributed by atoms with Crippen molar-refractivity contribution in [1.82, 2.24) is 14.5 Å². The average molecular weight is 745 g/mol. The van der Waals surface area contributed by atoms with Crippen molar-refractivity contribution in [2.75, 3.05) is 4.90 Å². The summed E-state index contributed by atoms with van der Waals surface area (Å²) in [4.78, 5) is 14.8. The predicted molar refractivity (Wildman–Crippen MR) is 238 cm³/mol. The Balaban J connectivity index is 1.17. The second-order valence-corrected chi connectivity index (χ2v) is 16.3. The zero-order chi connectivity index (χ0) is 37.2. The lowest BCUT2D eigenvalue weighted by atomic mass is 9.86. The smallest absolute Gasteiger partial charge is 0.166 e. The maximum absolute atomic E-state index is 5.65. The van der Waals surface area contributed by atoms with Crippen molar-refractivity contribution in [2.45, 2.75) is 12.0 Å². The van der Waals surface area contributed by atoms with Gasteiger partial charge in [-0.15, -0.1) is 11.3 Å². The van der Waals surface area contributed by atoms with Crippen LogP contribution in [0.5, 0.6) is 0 Å². The first-order valence-corrected chi connectivity index (χ1v) is 20.4. The highest BCUT2D eigenvalue weighted by Gasteiger charge is 2.43. The Morgan fingerprint density at radius 1 is 0.544 bits per heavy atom. The molecule has 13 rings (SSSR count). The van der Waals surface area contributed by atoms with Gasteiger partial charge in [-0.1, -0.05) is 158 Å². The largest absolute Gasteiger partial charge is 0.332 e. The zero-order valence-corrected chi connectivity index (χ0v) is 31.5. The number of nitrogens with zero attached hydrogens (tertiary/aromatic N) is 4. The molecule has 0 bridgehead atoms. The van der Waals surface area contributed by atoms with E-state index in [0.29, 0.717) is 0 Å². The Bertz CT molecular complexity index is 3370. The van der Waals surface area contributed by atoms with Crippen LogP contribution in [0.3, 0.4) is 0 Å². The lowest BCUT2D eigenvalue weighted by molar-refractivity contribution is 0.745. The van der Waals surface area contributed by atoms with E-state index in [1.165, 1.54) is 65.8 Å². The fraction of sp³-hybridized carbons (Fsp3) is 0.0385. The highest BCUT2D eigenvalue weighted by molar-refractivity contribution is 7.25. The summed E-state index contributed by atoms with van der Waals surface area (Å²) in [6.07, 6.45) is 9.21. The molecule has 3 aliphatic rings. The van der Waals surface area contributed by atoms with Gasteiger partial charge in [0, 0.05) is 49.2 Å².